The van der Waals surface area contributed by atoms with Crippen LogP contribution < -0.4 is 15.2 Å². The van der Waals surface area contributed by atoms with Crippen molar-refractivity contribution in [3.63, 3.8) is 0 Å². The van der Waals surface area contributed by atoms with Gasteiger partial charge in [0.2, 0.25) is 0 Å². The van der Waals surface area contributed by atoms with Crippen LogP contribution in [0.3, 0.4) is 0 Å². The Labute approximate surface area is 114 Å². The quantitative estimate of drug-likeness (QED) is 0.775. The van der Waals surface area contributed by atoms with Crippen molar-refractivity contribution in [3.05, 3.63) is 24.3 Å². The topological polar surface area (TPSA) is 84.2 Å². The molecule has 1 saturated carbocycles. The summed E-state index contributed by atoms with van der Waals surface area (Å²) < 4.78 is 24.2. The zero-order valence-electron chi connectivity index (χ0n) is 10.9. The van der Waals surface area contributed by atoms with Crippen molar-refractivity contribution in [1.82, 2.24) is 0 Å². The Morgan fingerprint density at radius 3 is 2.53 bits per heavy atom. The van der Waals surface area contributed by atoms with E-state index in [9.17, 15) is 8.42 Å². The van der Waals surface area contributed by atoms with E-state index in [0.717, 1.165) is 18.2 Å². The standard InChI is InChI=1S/C13H21N3O2S/c14-19(17,18)16-13-8-4-7-12(9-13)15-10-11-5-2-1-3-6-11/h4,7-9,11,15-16H,1-3,5-6,10H2,(H2,14,17,18). The second kappa shape index (κ2) is 6.25. The van der Waals surface area contributed by atoms with Gasteiger partial charge in [-0.15, -0.1) is 0 Å². The lowest BCUT2D eigenvalue weighted by Gasteiger charge is -2.22. The van der Waals surface area contributed by atoms with Crippen molar-refractivity contribution in [2.24, 2.45) is 11.1 Å². The van der Waals surface area contributed by atoms with Gasteiger partial charge in [0.1, 0.15) is 0 Å². The van der Waals surface area contributed by atoms with Crippen LogP contribution in [-0.4, -0.2) is 15.0 Å². The lowest BCUT2D eigenvalue weighted by atomic mass is 9.89. The first kappa shape index (κ1) is 14.1. The highest BCUT2D eigenvalue weighted by Crippen LogP contribution is 2.24. The lowest BCUT2D eigenvalue weighted by Crippen LogP contribution is -2.21. The van der Waals surface area contributed by atoms with Crippen molar-refractivity contribution in [2.75, 3.05) is 16.6 Å². The summed E-state index contributed by atoms with van der Waals surface area (Å²) >= 11 is 0. The van der Waals surface area contributed by atoms with Crippen LogP contribution in [0.5, 0.6) is 0 Å². The highest BCUT2D eigenvalue weighted by Gasteiger charge is 2.12. The predicted octanol–water partition coefficient (Wildman–Crippen LogP) is 2.29. The fraction of sp³-hybridized carbons (Fsp3) is 0.538. The first-order chi connectivity index (χ1) is 9.03. The fourth-order valence-corrected chi connectivity index (χ4v) is 2.97. The molecule has 0 spiro atoms. The molecule has 0 amide bonds. The molecular weight excluding hydrogens is 262 g/mol. The number of benzene rings is 1. The van der Waals surface area contributed by atoms with E-state index in [4.69, 9.17) is 5.14 Å². The molecule has 0 bridgehead atoms. The third kappa shape index (κ3) is 5.08. The Bertz CT molecular complexity index is 510. The van der Waals surface area contributed by atoms with Gasteiger partial charge in [0.15, 0.2) is 0 Å². The van der Waals surface area contributed by atoms with Crippen LogP contribution >= 0.6 is 0 Å². The van der Waals surface area contributed by atoms with E-state index in [0.29, 0.717) is 5.69 Å². The van der Waals surface area contributed by atoms with E-state index in [1.165, 1.54) is 32.1 Å². The van der Waals surface area contributed by atoms with Crippen molar-refractivity contribution in [1.29, 1.82) is 0 Å². The lowest BCUT2D eigenvalue weighted by molar-refractivity contribution is 0.373. The average Bonchev–Trinajstić information content (AvgIpc) is 2.36. The molecule has 1 aromatic rings. The normalized spacial score (nSPS) is 17.1. The van der Waals surface area contributed by atoms with Gasteiger partial charge in [-0.2, -0.15) is 8.42 Å². The molecule has 4 N–H and O–H groups in total. The highest BCUT2D eigenvalue weighted by atomic mass is 32.2. The molecule has 0 radical (unpaired) electrons. The molecule has 1 aliphatic carbocycles. The molecule has 0 aromatic heterocycles. The van der Waals surface area contributed by atoms with Crippen LogP contribution in [0, 0.1) is 5.92 Å². The van der Waals surface area contributed by atoms with Gasteiger partial charge in [0, 0.05) is 12.2 Å². The summed E-state index contributed by atoms with van der Waals surface area (Å²) in [7, 11) is -3.71. The van der Waals surface area contributed by atoms with Crippen LogP contribution in [0.4, 0.5) is 11.4 Å². The van der Waals surface area contributed by atoms with Crippen LogP contribution in [0.15, 0.2) is 24.3 Å². The average molecular weight is 283 g/mol. The van der Waals surface area contributed by atoms with E-state index < -0.39 is 10.2 Å². The molecule has 106 valence electrons. The Morgan fingerprint density at radius 2 is 1.84 bits per heavy atom. The molecule has 5 nitrogen and oxygen atoms in total. The van der Waals surface area contributed by atoms with Gasteiger partial charge in [0.05, 0.1) is 5.69 Å². The van der Waals surface area contributed by atoms with Gasteiger partial charge in [-0.3, -0.25) is 4.72 Å². The summed E-state index contributed by atoms with van der Waals surface area (Å²) in [5.41, 5.74) is 1.40. The van der Waals surface area contributed by atoms with Gasteiger partial charge in [-0.05, 0) is 37.0 Å². The number of hydrogen-bond acceptors (Lipinski definition) is 3. The fourth-order valence-electron chi connectivity index (χ4n) is 2.51. The van der Waals surface area contributed by atoms with Gasteiger partial charge in [0.25, 0.3) is 10.2 Å². The summed E-state index contributed by atoms with van der Waals surface area (Å²) in [6.45, 7) is 0.943. The molecular formula is C13H21N3O2S. The van der Waals surface area contributed by atoms with E-state index in [1.54, 1.807) is 18.2 Å². The molecule has 1 aromatic carbocycles. The Balaban J connectivity index is 1.91. The second-order valence-corrected chi connectivity index (χ2v) is 6.41. The largest absolute Gasteiger partial charge is 0.385 e. The van der Waals surface area contributed by atoms with Crippen LogP contribution in [0.25, 0.3) is 0 Å². The van der Waals surface area contributed by atoms with Crippen molar-refractivity contribution >= 4 is 21.6 Å². The maximum absolute atomic E-state index is 11.0. The smallest absolute Gasteiger partial charge is 0.296 e. The van der Waals surface area contributed by atoms with Crippen LogP contribution in [0.1, 0.15) is 32.1 Å². The first-order valence-electron chi connectivity index (χ1n) is 6.67. The third-order valence-electron chi connectivity index (χ3n) is 3.44. The Kier molecular flexibility index (Phi) is 4.66. The maximum Gasteiger partial charge on any atom is 0.296 e. The minimum Gasteiger partial charge on any atom is -0.385 e. The number of nitrogens with two attached hydrogens (primary N) is 1. The number of rotatable bonds is 5. The summed E-state index contributed by atoms with van der Waals surface area (Å²) in [4.78, 5) is 0. The molecule has 0 atom stereocenters. The maximum atomic E-state index is 11.0. The van der Waals surface area contributed by atoms with Crippen molar-refractivity contribution < 1.29 is 8.42 Å². The Hall–Kier alpha value is -1.27. The minimum atomic E-state index is -3.71. The number of hydrogen-bond donors (Lipinski definition) is 3. The molecule has 1 aliphatic rings. The van der Waals surface area contributed by atoms with Crippen molar-refractivity contribution in [3.8, 4) is 0 Å². The third-order valence-corrected chi connectivity index (χ3v) is 3.96. The van der Waals surface area contributed by atoms with E-state index in [-0.39, 0.29) is 0 Å². The summed E-state index contributed by atoms with van der Waals surface area (Å²) in [6.07, 6.45) is 6.55. The zero-order valence-corrected chi connectivity index (χ0v) is 11.7. The van der Waals surface area contributed by atoms with Gasteiger partial charge in [-0.1, -0.05) is 25.3 Å². The molecule has 2 rings (SSSR count). The van der Waals surface area contributed by atoms with Gasteiger partial charge < -0.3 is 5.32 Å². The van der Waals surface area contributed by atoms with Crippen LogP contribution in [0.2, 0.25) is 0 Å². The summed E-state index contributed by atoms with van der Waals surface area (Å²) in [5, 5.41) is 8.31. The second-order valence-electron chi connectivity index (χ2n) is 5.11. The van der Waals surface area contributed by atoms with Gasteiger partial charge >= 0.3 is 0 Å². The minimum absolute atomic E-state index is 0.483. The summed E-state index contributed by atoms with van der Waals surface area (Å²) in [5.74, 6) is 0.726. The van der Waals surface area contributed by atoms with Crippen molar-refractivity contribution in [2.45, 2.75) is 32.1 Å². The molecule has 19 heavy (non-hydrogen) atoms. The van der Waals surface area contributed by atoms with Crippen LogP contribution in [-0.2, 0) is 10.2 Å². The molecule has 0 aliphatic heterocycles. The molecule has 0 unspecified atom stereocenters. The Morgan fingerprint density at radius 1 is 1.16 bits per heavy atom. The first-order valence-corrected chi connectivity index (χ1v) is 8.22. The van der Waals surface area contributed by atoms with E-state index in [2.05, 4.69) is 10.0 Å². The molecule has 0 saturated heterocycles. The van der Waals surface area contributed by atoms with E-state index >= 15 is 0 Å². The SMILES string of the molecule is NS(=O)(=O)Nc1cccc(NCC2CCCCC2)c1. The summed E-state index contributed by atoms with van der Waals surface area (Å²) in [6, 6.07) is 7.16. The molecule has 0 heterocycles. The predicted molar refractivity (Wildman–Crippen MR) is 78.2 cm³/mol. The molecule has 1 fully saturated rings. The zero-order chi connectivity index (χ0) is 13.7. The van der Waals surface area contributed by atoms with Gasteiger partial charge in [-0.25, -0.2) is 5.14 Å². The molecule has 6 heteroatoms. The van der Waals surface area contributed by atoms with E-state index in [1.807, 2.05) is 6.07 Å². The number of nitrogens with one attached hydrogen (secondary N) is 2. The number of anilines is 2. The highest BCUT2D eigenvalue weighted by molar-refractivity contribution is 7.90. The monoisotopic (exact) mass is 283 g/mol.